The Hall–Kier alpha value is -1.51. The highest BCUT2D eigenvalue weighted by Gasteiger charge is 2.13. The fraction of sp³-hybridized carbons (Fsp3) is 0.571. The SMILES string of the molecule is CCO.COc1cc(CCOS(C)(=O)=O)cc(OC)c1OC. The molecule has 0 atom stereocenters. The van der Waals surface area contributed by atoms with Gasteiger partial charge in [-0.3, -0.25) is 4.18 Å². The van der Waals surface area contributed by atoms with Crippen LogP contribution in [-0.2, 0) is 20.7 Å². The molecule has 1 rings (SSSR count). The number of ether oxygens (including phenoxy) is 3. The van der Waals surface area contributed by atoms with Crippen LogP contribution in [-0.4, -0.2) is 54.3 Å². The molecule has 7 nitrogen and oxygen atoms in total. The van der Waals surface area contributed by atoms with E-state index in [1.807, 2.05) is 0 Å². The van der Waals surface area contributed by atoms with Gasteiger partial charge in [-0.15, -0.1) is 0 Å². The molecule has 1 N–H and O–H groups in total. The molecule has 0 bridgehead atoms. The maximum absolute atomic E-state index is 10.9. The monoisotopic (exact) mass is 336 g/mol. The molecule has 0 aromatic heterocycles. The highest BCUT2D eigenvalue weighted by atomic mass is 32.2. The van der Waals surface area contributed by atoms with Gasteiger partial charge in [0.1, 0.15) is 0 Å². The van der Waals surface area contributed by atoms with Crippen molar-refractivity contribution in [2.45, 2.75) is 13.3 Å². The van der Waals surface area contributed by atoms with Gasteiger partial charge in [-0.2, -0.15) is 8.42 Å². The molecule has 1 aromatic carbocycles. The van der Waals surface area contributed by atoms with Crippen LogP contribution in [0.2, 0.25) is 0 Å². The second kappa shape index (κ2) is 10.3. The van der Waals surface area contributed by atoms with Crippen LogP contribution in [0.15, 0.2) is 12.1 Å². The van der Waals surface area contributed by atoms with Crippen molar-refractivity contribution in [1.82, 2.24) is 0 Å². The van der Waals surface area contributed by atoms with Crippen LogP contribution in [0.5, 0.6) is 17.2 Å². The zero-order chi connectivity index (χ0) is 17.2. The first-order valence-corrected chi connectivity index (χ1v) is 8.38. The molecule has 0 unspecified atom stereocenters. The molecular formula is C14H24O7S. The fourth-order valence-electron chi connectivity index (χ4n) is 1.59. The van der Waals surface area contributed by atoms with E-state index in [-0.39, 0.29) is 13.2 Å². The smallest absolute Gasteiger partial charge is 0.264 e. The van der Waals surface area contributed by atoms with Crippen LogP contribution < -0.4 is 14.2 Å². The summed E-state index contributed by atoms with van der Waals surface area (Å²) in [4.78, 5) is 0. The molecule has 128 valence electrons. The zero-order valence-corrected chi connectivity index (χ0v) is 14.4. The Balaban J connectivity index is 0.00000135. The summed E-state index contributed by atoms with van der Waals surface area (Å²) in [7, 11) is 1.14. The number of aliphatic hydroxyl groups is 1. The first kappa shape index (κ1) is 20.5. The largest absolute Gasteiger partial charge is 0.493 e. The summed E-state index contributed by atoms with van der Waals surface area (Å²) >= 11 is 0. The first-order valence-electron chi connectivity index (χ1n) is 6.57. The Kier molecular flexibility index (Phi) is 9.55. The summed E-state index contributed by atoms with van der Waals surface area (Å²) in [6.07, 6.45) is 1.44. The summed E-state index contributed by atoms with van der Waals surface area (Å²) in [6, 6.07) is 3.51. The van der Waals surface area contributed by atoms with Crippen molar-refractivity contribution < 1.29 is 31.9 Å². The van der Waals surface area contributed by atoms with Crippen molar-refractivity contribution >= 4 is 10.1 Å². The molecule has 0 spiro atoms. The average Bonchev–Trinajstić information content (AvgIpc) is 2.45. The summed E-state index contributed by atoms with van der Waals surface area (Å²) in [5, 5.41) is 7.57. The maximum Gasteiger partial charge on any atom is 0.264 e. The van der Waals surface area contributed by atoms with E-state index in [4.69, 9.17) is 23.5 Å². The quantitative estimate of drug-likeness (QED) is 0.749. The highest BCUT2D eigenvalue weighted by molar-refractivity contribution is 7.85. The minimum Gasteiger partial charge on any atom is -0.493 e. The molecule has 0 aliphatic carbocycles. The summed E-state index contributed by atoms with van der Waals surface area (Å²) in [5.74, 6) is 1.55. The maximum atomic E-state index is 10.9. The highest BCUT2D eigenvalue weighted by Crippen LogP contribution is 2.38. The lowest BCUT2D eigenvalue weighted by Gasteiger charge is -2.14. The van der Waals surface area contributed by atoms with Crippen molar-refractivity contribution in [2.24, 2.45) is 0 Å². The van der Waals surface area contributed by atoms with Crippen LogP contribution in [0, 0.1) is 0 Å². The van der Waals surface area contributed by atoms with Gasteiger partial charge in [-0.1, -0.05) is 0 Å². The van der Waals surface area contributed by atoms with Crippen LogP contribution in [0.3, 0.4) is 0 Å². The van der Waals surface area contributed by atoms with Gasteiger partial charge in [0.2, 0.25) is 5.75 Å². The molecule has 0 saturated carbocycles. The van der Waals surface area contributed by atoms with Gasteiger partial charge in [0.25, 0.3) is 10.1 Å². The standard InChI is InChI=1S/C12H18O6S.C2H6O/c1-15-10-7-9(5-6-18-19(4,13)14)8-11(16-2)12(10)17-3;1-2-3/h7-8H,5-6H2,1-4H3;3H,2H2,1H3. The van der Waals surface area contributed by atoms with Gasteiger partial charge in [-0.05, 0) is 31.0 Å². The lowest BCUT2D eigenvalue weighted by atomic mass is 10.1. The predicted octanol–water partition coefficient (Wildman–Crippen LogP) is 1.23. The van der Waals surface area contributed by atoms with Crippen molar-refractivity contribution in [3.05, 3.63) is 17.7 Å². The Labute approximate surface area is 131 Å². The van der Waals surface area contributed by atoms with Gasteiger partial charge in [0.05, 0.1) is 34.2 Å². The van der Waals surface area contributed by atoms with E-state index in [0.717, 1.165) is 11.8 Å². The van der Waals surface area contributed by atoms with Crippen molar-refractivity contribution in [3.63, 3.8) is 0 Å². The van der Waals surface area contributed by atoms with E-state index >= 15 is 0 Å². The number of hydrogen-bond acceptors (Lipinski definition) is 7. The van der Waals surface area contributed by atoms with Gasteiger partial charge < -0.3 is 19.3 Å². The average molecular weight is 336 g/mol. The molecule has 0 radical (unpaired) electrons. The molecule has 0 fully saturated rings. The van der Waals surface area contributed by atoms with E-state index < -0.39 is 10.1 Å². The first-order chi connectivity index (χ1) is 10.3. The van der Waals surface area contributed by atoms with E-state index in [0.29, 0.717) is 23.7 Å². The van der Waals surface area contributed by atoms with Gasteiger partial charge in [0.15, 0.2) is 11.5 Å². The van der Waals surface area contributed by atoms with E-state index in [1.165, 1.54) is 21.3 Å². The molecule has 0 amide bonds. The molecule has 22 heavy (non-hydrogen) atoms. The lowest BCUT2D eigenvalue weighted by molar-refractivity contribution is 0.317. The van der Waals surface area contributed by atoms with Crippen molar-refractivity contribution in [2.75, 3.05) is 40.8 Å². The molecular weight excluding hydrogens is 312 g/mol. The third-order valence-corrected chi connectivity index (χ3v) is 3.01. The second-order valence-electron chi connectivity index (χ2n) is 4.13. The Morgan fingerprint density at radius 2 is 1.50 bits per heavy atom. The predicted molar refractivity (Wildman–Crippen MR) is 83.4 cm³/mol. The summed E-state index contributed by atoms with van der Waals surface area (Å²) in [5.41, 5.74) is 0.832. The molecule has 0 saturated heterocycles. The zero-order valence-electron chi connectivity index (χ0n) is 13.6. The third kappa shape index (κ3) is 7.48. The van der Waals surface area contributed by atoms with E-state index in [9.17, 15) is 8.42 Å². The Morgan fingerprint density at radius 3 is 1.82 bits per heavy atom. The topological polar surface area (TPSA) is 91.3 Å². The fourth-order valence-corrected chi connectivity index (χ4v) is 1.98. The second-order valence-corrected chi connectivity index (χ2v) is 5.77. The number of benzene rings is 1. The third-order valence-electron chi connectivity index (χ3n) is 2.41. The molecule has 1 aromatic rings. The number of methoxy groups -OCH3 is 3. The van der Waals surface area contributed by atoms with Crippen LogP contribution >= 0.6 is 0 Å². The molecule has 8 heteroatoms. The van der Waals surface area contributed by atoms with Crippen molar-refractivity contribution in [1.29, 1.82) is 0 Å². The summed E-state index contributed by atoms with van der Waals surface area (Å²) in [6.45, 7) is 2.00. The normalized spacial score (nSPS) is 10.5. The number of rotatable bonds is 7. The number of aliphatic hydroxyl groups excluding tert-OH is 1. The molecule has 0 aliphatic heterocycles. The van der Waals surface area contributed by atoms with Gasteiger partial charge in [-0.25, -0.2) is 0 Å². The number of hydrogen-bond donors (Lipinski definition) is 1. The summed E-state index contributed by atoms with van der Waals surface area (Å²) < 4.78 is 42.0. The van der Waals surface area contributed by atoms with E-state index in [2.05, 4.69) is 0 Å². The molecule has 0 aliphatic rings. The van der Waals surface area contributed by atoms with Crippen molar-refractivity contribution in [3.8, 4) is 17.2 Å². The van der Waals surface area contributed by atoms with E-state index in [1.54, 1.807) is 19.1 Å². The van der Waals surface area contributed by atoms with Gasteiger partial charge in [0, 0.05) is 6.61 Å². The lowest BCUT2D eigenvalue weighted by Crippen LogP contribution is -2.06. The Bertz CT molecular complexity index is 515. The Morgan fingerprint density at radius 1 is 1.05 bits per heavy atom. The van der Waals surface area contributed by atoms with Gasteiger partial charge >= 0.3 is 0 Å². The van der Waals surface area contributed by atoms with Crippen LogP contribution in [0.4, 0.5) is 0 Å². The van der Waals surface area contributed by atoms with Crippen LogP contribution in [0.25, 0.3) is 0 Å². The minimum absolute atomic E-state index is 0.0669. The molecule has 0 heterocycles. The minimum atomic E-state index is -3.43. The van der Waals surface area contributed by atoms with Crippen LogP contribution in [0.1, 0.15) is 12.5 Å².